The number of Topliss-reactive ketones (excluding diaryl/α,β-unsaturated/α-hetero) is 1. The topological polar surface area (TPSA) is 98.2 Å². The Morgan fingerprint density at radius 3 is 2.75 bits per heavy atom. The van der Waals surface area contributed by atoms with E-state index in [9.17, 15) is 24.6 Å². The van der Waals surface area contributed by atoms with Gasteiger partial charge in [0, 0.05) is 18.8 Å². The van der Waals surface area contributed by atoms with Crippen molar-refractivity contribution in [2.24, 2.45) is 5.92 Å². The maximum absolute atomic E-state index is 14.0. The Kier molecular flexibility index (Phi) is 3.29. The smallest absolute Gasteiger partial charge is 0.261 e. The van der Waals surface area contributed by atoms with Gasteiger partial charge in [-0.1, -0.05) is 18.2 Å². The summed E-state index contributed by atoms with van der Waals surface area (Å²) in [6.07, 6.45) is 6.37. The molecule has 1 saturated carbocycles. The second-order valence-electron chi connectivity index (χ2n) is 8.48. The molecule has 0 aromatic rings. The number of hydrogen-bond acceptors (Lipinski definition) is 7. The zero-order chi connectivity index (χ0) is 19.6. The fraction of sp³-hybridized carbons (Fsp3) is 0.632. The molecule has 4 saturated heterocycles. The predicted molar refractivity (Wildman–Crippen MR) is 103 cm³/mol. The van der Waals surface area contributed by atoms with Gasteiger partial charge in [-0.05, 0) is 18.2 Å². The first-order valence-electron chi connectivity index (χ1n) is 9.53. The van der Waals surface area contributed by atoms with E-state index in [1.807, 2.05) is 12.3 Å². The van der Waals surface area contributed by atoms with Gasteiger partial charge in [0.1, 0.15) is 0 Å². The van der Waals surface area contributed by atoms with Gasteiger partial charge >= 0.3 is 0 Å². The second kappa shape index (κ2) is 5.24. The molecule has 2 N–H and O–H groups in total. The number of aliphatic hydroxyl groups excluding tert-OH is 2. The van der Waals surface area contributed by atoms with Gasteiger partial charge in [-0.15, -0.1) is 23.5 Å². The average Bonchev–Trinajstić information content (AvgIpc) is 3.13. The van der Waals surface area contributed by atoms with E-state index in [4.69, 9.17) is 0 Å². The molecule has 0 aromatic heterocycles. The summed E-state index contributed by atoms with van der Waals surface area (Å²) in [5, 5.41) is 20.9. The number of nitrogens with zero attached hydrogens (tertiary/aromatic N) is 2. The minimum absolute atomic E-state index is 0.0560. The molecular weight excluding hydrogens is 400 g/mol. The summed E-state index contributed by atoms with van der Waals surface area (Å²) < 4.78 is 0. The number of aliphatic hydroxyl groups is 2. The largest absolute Gasteiger partial charge is 0.391 e. The summed E-state index contributed by atoms with van der Waals surface area (Å²) in [5.74, 6) is -0.835. The lowest BCUT2D eigenvalue weighted by atomic mass is 9.80. The van der Waals surface area contributed by atoms with Gasteiger partial charge in [0.25, 0.3) is 11.8 Å². The molecule has 28 heavy (non-hydrogen) atoms. The lowest BCUT2D eigenvalue weighted by Gasteiger charge is -2.53. The van der Waals surface area contributed by atoms with Crippen LogP contribution >= 0.6 is 23.5 Å². The highest BCUT2D eigenvalue weighted by Gasteiger charge is 2.77. The van der Waals surface area contributed by atoms with Gasteiger partial charge in [-0.3, -0.25) is 14.4 Å². The van der Waals surface area contributed by atoms with Crippen molar-refractivity contribution in [1.29, 1.82) is 0 Å². The number of thioether (sulfide) groups is 2. The normalized spacial score (nSPS) is 50.7. The summed E-state index contributed by atoms with van der Waals surface area (Å²) in [6, 6.07) is -1.17. The van der Waals surface area contributed by atoms with Crippen molar-refractivity contribution < 1.29 is 24.6 Å². The quantitative estimate of drug-likeness (QED) is 0.610. The predicted octanol–water partition coefficient (Wildman–Crippen LogP) is -0.120. The molecule has 4 aliphatic heterocycles. The molecule has 0 aromatic carbocycles. The van der Waals surface area contributed by atoms with Gasteiger partial charge in [-0.25, -0.2) is 0 Å². The van der Waals surface area contributed by atoms with Crippen molar-refractivity contribution in [1.82, 2.24) is 9.80 Å². The van der Waals surface area contributed by atoms with Gasteiger partial charge in [-0.2, -0.15) is 0 Å². The van der Waals surface area contributed by atoms with Crippen LogP contribution in [-0.4, -0.2) is 83.1 Å². The van der Waals surface area contributed by atoms with Crippen LogP contribution in [0.15, 0.2) is 23.8 Å². The molecule has 0 radical (unpaired) electrons. The molecule has 6 aliphatic rings. The maximum Gasteiger partial charge on any atom is 0.261 e. The first kappa shape index (κ1) is 17.6. The SMILES string of the molecule is CS[C@@]12CC3=CC=C[C@H](O)[C@H]3N1C(=O)[C@]13C[C@H]4C(=O)[C@H](C[C@H](O)[C@H]4N1C2=O)S3. The van der Waals surface area contributed by atoms with Crippen molar-refractivity contribution in [2.45, 2.75) is 58.5 Å². The monoisotopic (exact) mass is 420 g/mol. The van der Waals surface area contributed by atoms with Crippen LogP contribution in [0.1, 0.15) is 19.3 Å². The first-order valence-corrected chi connectivity index (χ1v) is 11.6. The number of allylic oxidation sites excluding steroid dienone is 2. The van der Waals surface area contributed by atoms with Gasteiger partial charge in [0.2, 0.25) is 0 Å². The number of rotatable bonds is 1. The van der Waals surface area contributed by atoms with Gasteiger partial charge in [0.05, 0.1) is 29.5 Å². The van der Waals surface area contributed by atoms with Gasteiger partial charge in [0.15, 0.2) is 15.5 Å². The molecule has 1 spiro atoms. The number of amides is 2. The molecule has 2 aliphatic carbocycles. The molecule has 148 valence electrons. The van der Waals surface area contributed by atoms with Crippen molar-refractivity contribution in [2.75, 3.05) is 6.26 Å². The van der Waals surface area contributed by atoms with E-state index < -0.39 is 45.2 Å². The van der Waals surface area contributed by atoms with E-state index in [1.165, 1.54) is 23.5 Å². The number of carbonyl (C=O) groups excluding carboxylic acids is 3. The van der Waals surface area contributed by atoms with Crippen LogP contribution in [0.4, 0.5) is 0 Å². The second-order valence-corrected chi connectivity index (χ2v) is 11.0. The standard InChI is InChI=1S/C19H20N2O5S2/c1-27-18-6-8-3-2-4-10(22)13(8)20(18)17(26)19-7-9-14(21(19)16(18)25)11(23)5-12(28-19)15(9)24/h2-4,9-14,22-23H,5-7H2,1H3/t9-,10+,11+,12+,13+,14+,18-,19-/m1/s1. The molecule has 7 nitrogen and oxygen atoms in total. The van der Waals surface area contributed by atoms with Gasteiger partial charge < -0.3 is 20.0 Å². The molecular formula is C19H20N2O5S2. The molecule has 5 fully saturated rings. The Labute approximate surface area is 170 Å². The lowest BCUT2D eigenvalue weighted by Crippen LogP contribution is -2.74. The van der Waals surface area contributed by atoms with Crippen molar-refractivity contribution >= 4 is 41.1 Å². The van der Waals surface area contributed by atoms with Crippen molar-refractivity contribution in [3.63, 3.8) is 0 Å². The highest BCUT2D eigenvalue weighted by molar-refractivity contribution is 8.03. The molecule has 6 rings (SSSR count). The summed E-state index contributed by atoms with van der Waals surface area (Å²) in [5.41, 5.74) is 0.878. The van der Waals surface area contributed by atoms with Crippen LogP contribution in [0.5, 0.6) is 0 Å². The van der Waals surface area contributed by atoms with E-state index in [1.54, 1.807) is 22.0 Å². The summed E-state index contributed by atoms with van der Waals surface area (Å²) >= 11 is 2.55. The molecule has 2 amide bonds. The number of ketones is 1. The Balaban J connectivity index is 1.56. The Bertz CT molecular complexity index is 905. The van der Waals surface area contributed by atoms with E-state index in [2.05, 4.69) is 0 Å². The third-order valence-corrected chi connectivity index (χ3v) is 10.2. The molecule has 0 unspecified atom stereocenters. The Morgan fingerprint density at radius 2 is 2.00 bits per heavy atom. The third-order valence-electron chi connectivity index (χ3n) is 7.34. The minimum Gasteiger partial charge on any atom is -0.391 e. The highest BCUT2D eigenvalue weighted by Crippen LogP contribution is 2.64. The highest BCUT2D eigenvalue weighted by atomic mass is 32.2. The summed E-state index contributed by atoms with van der Waals surface area (Å²) in [6.45, 7) is 0. The molecule has 9 heteroatoms. The van der Waals surface area contributed by atoms with Crippen LogP contribution in [0, 0.1) is 5.92 Å². The van der Waals surface area contributed by atoms with Crippen molar-refractivity contribution in [3.05, 3.63) is 23.8 Å². The van der Waals surface area contributed by atoms with Crippen LogP contribution in [0.25, 0.3) is 0 Å². The van der Waals surface area contributed by atoms with E-state index in [-0.39, 0.29) is 30.4 Å². The molecule has 8 atom stereocenters. The Hall–Kier alpha value is -1.29. The fourth-order valence-electron chi connectivity index (χ4n) is 6.24. The zero-order valence-corrected chi connectivity index (χ0v) is 16.8. The fourth-order valence-corrected chi connectivity index (χ4v) is 9.06. The summed E-state index contributed by atoms with van der Waals surface area (Å²) in [4.78, 5) is 41.6. The van der Waals surface area contributed by atoms with Crippen LogP contribution in [0.3, 0.4) is 0 Å². The van der Waals surface area contributed by atoms with E-state index in [0.717, 1.165) is 5.57 Å². The lowest BCUT2D eigenvalue weighted by molar-refractivity contribution is -0.168. The van der Waals surface area contributed by atoms with Crippen LogP contribution < -0.4 is 0 Å². The van der Waals surface area contributed by atoms with Crippen LogP contribution in [-0.2, 0) is 14.4 Å². The first-order chi connectivity index (χ1) is 13.4. The van der Waals surface area contributed by atoms with E-state index >= 15 is 0 Å². The number of piperazine rings is 1. The molecule has 3 bridgehead atoms. The maximum atomic E-state index is 14.0. The number of carbonyl (C=O) groups is 3. The third kappa shape index (κ3) is 1.69. The van der Waals surface area contributed by atoms with Crippen LogP contribution in [0.2, 0.25) is 0 Å². The minimum atomic E-state index is -1.14. The summed E-state index contributed by atoms with van der Waals surface area (Å²) in [7, 11) is 0. The number of fused-ring (bicyclic) bond motifs is 5. The van der Waals surface area contributed by atoms with E-state index in [0.29, 0.717) is 6.42 Å². The average molecular weight is 421 g/mol. The zero-order valence-electron chi connectivity index (χ0n) is 15.1. The van der Waals surface area contributed by atoms with Crippen molar-refractivity contribution in [3.8, 4) is 0 Å². The molecule has 4 heterocycles. The number of hydrogen-bond donors (Lipinski definition) is 2. The Morgan fingerprint density at radius 1 is 1.21 bits per heavy atom.